The maximum absolute atomic E-state index is 12.5. The average Bonchev–Trinajstić information content (AvgIpc) is 2.69. The Kier molecular flexibility index (Phi) is 5.27. The summed E-state index contributed by atoms with van der Waals surface area (Å²) in [4.78, 5) is 23.8. The lowest BCUT2D eigenvalue weighted by Crippen LogP contribution is -2.15. The Balaban J connectivity index is 1.75. The van der Waals surface area contributed by atoms with Gasteiger partial charge in [0.1, 0.15) is 0 Å². The first-order valence-electron chi connectivity index (χ1n) is 7.69. The third kappa shape index (κ3) is 4.36. The lowest BCUT2D eigenvalue weighted by Gasteiger charge is -2.10. The second-order valence-corrected chi connectivity index (χ2v) is 6.92. The van der Waals surface area contributed by atoms with E-state index in [1.807, 2.05) is 0 Å². The van der Waals surface area contributed by atoms with Gasteiger partial charge in [-0.25, -0.2) is 18.4 Å². The zero-order valence-corrected chi connectivity index (χ0v) is 15.0. The molecular weight excluding hydrogens is 370 g/mol. The first-order chi connectivity index (χ1) is 13.0. The number of anilines is 2. The third-order valence-corrected chi connectivity index (χ3v) is 4.81. The van der Waals surface area contributed by atoms with Crippen LogP contribution < -0.4 is 14.8 Å². The molecule has 9 nitrogen and oxygen atoms in total. The molecular formula is C17H15N5O4S. The number of benzene rings is 1. The number of nitrogens with one attached hydrogen (secondary N) is 2. The highest BCUT2D eigenvalue weighted by molar-refractivity contribution is 7.92. The molecule has 0 radical (unpaired) electrons. The Morgan fingerprint density at radius 1 is 0.963 bits per heavy atom. The molecule has 0 saturated carbocycles. The molecule has 27 heavy (non-hydrogen) atoms. The number of hydrogen-bond acceptors (Lipinski definition) is 7. The fourth-order valence-corrected chi connectivity index (χ4v) is 3.16. The molecule has 2 heterocycles. The third-order valence-electron chi connectivity index (χ3n) is 3.45. The summed E-state index contributed by atoms with van der Waals surface area (Å²) in [6.45, 7) is 0. The van der Waals surface area contributed by atoms with Crippen LogP contribution in [0.3, 0.4) is 0 Å². The summed E-state index contributed by atoms with van der Waals surface area (Å²) >= 11 is 0. The highest BCUT2D eigenvalue weighted by Gasteiger charge is 2.18. The largest absolute Gasteiger partial charge is 0.478 e. The van der Waals surface area contributed by atoms with Crippen molar-refractivity contribution in [1.82, 2.24) is 15.0 Å². The van der Waals surface area contributed by atoms with E-state index in [2.05, 4.69) is 25.0 Å². The van der Waals surface area contributed by atoms with Crippen LogP contribution in [0.1, 0.15) is 10.4 Å². The zero-order chi connectivity index (χ0) is 19.3. The van der Waals surface area contributed by atoms with Crippen molar-refractivity contribution in [3.05, 3.63) is 66.7 Å². The molecule has 0 unspecified atom stereocenters. The van der Waals surface area contributed by atoms with Crippen molar-refractivity contribution in [1.29, 1.82) is 0 Å². The Bertz CT molecular complexity index is 1040. The number of rotatable bonds is 6. The maximum atomic E-state index is 12.5. The molecule has 1 aromatic carbocycles. The molecule has 2 aromatic heterocycles. The minimum absolute atomic E-state index is 0.00267. The molecule has 0 aliphatic rings. The number of ether oxygens (including phenoxy) is 1. The normalized spacial score (nSPS) is 10.9. The van der Waals surface area contributed by atoms with Crippen LogP contribution in [0.25, 0.3) is 0 Å². The molecule has 2 N–H and O–H groups in total. The SMILES string of the molecule is COc1nccnc1NS(=O)(=O)c1ccc(NC(=O)c2ccncc2)cc1. The molecule has 0 spiro atoms. The van der Waals surface area contributed by atoms with E-state index < -0.39 is 10.0 Å². The summed E-state index contributed by atoms with van der Waals surface area (Å²) in [6.07, 6.45) is 5.75. The second-order valence-electron chi connectivity index (χ2n) is 5.23. The van der Waals surface area contributed by atoms with Crippen LogP contribution in [-0.2, 0) is 10.0 Å². The lowest BCUT2D eigenvalue weighted by atomic mass is 10.2. The molecule has 0 aliphatic heterocycles. The summed E-state index contributed by atoms with van der Waals surface area (Å²) in [6, 6.07) is 8.86. The maximum Gasteiger partial charge on any atom is 0.263 e. The number of amides is 1. The summed E-state index contributed by atoms with van der Waals surface area (Å²) < 4.78 is 32.3. The molecule has 0 fully saturated rings. The van der Waals surface area contributed by atoms with Gasteiger partial charge in [0, 0.05) is 36.0 Å². The minimum Gasteiger partial charge on any atom is -0.478 e. The highest BCUT2D eigenvalue weighted by Crippen LogP contribution is 2.22. The number of hydrogen-bond donors (Lipinski definition) is 2. The number of carbonyl (C=O) groups is 1. The van der Waals surface area contributed by atoms with E-state index in [0.29, 0.717) is 11.3 Å². The van der Waals surface area contributed by atoms with E-state index in [9.17, 15) is 13.2 Å². The fourth-order valence-electron chi connectivity index (χ4n) is 2.15. The number of nitrogens with zero attached hydrogens (tertiary/aromatic N) is 3. The van der Waals surface area contributed by atoms with Gasteiger partial charge in [0.15, 0.2) is 0 Å². The molecule has 10 heteroatoms. The first-order valence-corrected chi connectivity index (χ1v) is 9.17. The van der Waals surface area contributed by atoms with Crippen molar-refractivity contribution in [2.45, 2.75) is 4.90 Å². The molecule has 3 rings (SSSR count). The number of methoxy groups -OCH3 is 1. The zero-order valence-electron chi connectivity index (χ0n) is 14.2. The van der Waals surface area contributed by atoms with Gasteiger partial charge in [0.05, 0.1) is 12.0 Å². The Hall–Kier alpha value is -3.53. The van der Waals surface area contributed by atoms with E-state index in [4.69, 9.17) is 4.74 Å². The van der Waals surface area contributed by atoms with Crippen molar-refractivity contribution in [2.24, 2.45) is 0 Å². The number of aromatic nitrogens is 3. The van der Waals surface area contributed by atoms with Crippen molar-refractivity contribution in [3.63, 3.8) is 0 Å². The molecule has 0 aliphatic carbocycles. The van der Waals surface area contributed by atoms with E-state index in [1.165, 1.54) is 56.2 Å². The van der Waals surface area contributed by atoms with Gasteiger partial charge >= 0.3 is 0 Å². The smallest absolute Gasteiger partial charge is 0.263 e. The molecule has 0 atom stereocenters. The van der Waals surface area contributed by atoms with Crippen LogP contribution in [0.4, 0.5) is 11.5 Å². The number of pyridine rings is 1. The summed E-state index contributed by atoms with van der Waals surface area (Å²) in [5.74, 6) is -0.284. The van der Waals surface area contributed by atoms with Crippen molar-refractivity contribution in [2.75, 3.05) is 17.1 Å². The van der Waals surface area contributed by atoms with Crippen molar-refractivity contribution < 1.29 is 17.9 Å². The van der Waals surface area contributed by atoms with Crippen LogP contribution >= 0.6 is 0 Å². The van der Waals surface area contributed by atoms with Gasteiger partial charge in [-0.2, -0.15) is 0 Å². The van der Waals surface area contributed by atoms with Crippen LogP contribution in [0.2, 0.25) is 0 Å². The average molecular weight is 385 g/mol. The van der Waals surface area contributed by atoms with E-state index in [0.717, 1.165) is 0 Å². The summed E-state index contributed by atoms with van der Waals surface area (Å²) in [5, 5.41) is 2.68. The predicted molar refractivity (Wildman–Crippen MR) is 98.0 cm³/mol. The van der Waals surface area contributed by atoms with Gasteiger partial charge in [-0.3, -0.25) is 14.5 Å². The standard InChI is InChI=1S/C17H15N5O4S/c1-26-17-15(19-10-11-20-17)22-27(24,25)14-4-2-13(3-5-14)21-16(23)12-6-8-18-9-7-12/h2-11H,1H3,(H,19,22)(H,21,23). The molecule has 1 amide bonds. The van der Waals surface area contributed by atoms with Crippen LogP contribution in [0, 0.1) is 0 Å². The monoisotopic (exact) mass is 385 g/mol. The number of carbonyl (C=O) groups excluding carboxylic acids is 1. The van der Waals surface area contributed by atoms with Gasteiger partial charge in [-0.05, 0) is 36.4 Å². The van der Waals surface area contributed by atoms with Gasteiger partial charge in [-0.15, -0.1) is 0 Å². The van der Waals surface area contributed by atoms with Crippen LogP contribution in [0.15, 0.2) is 66.1 Å². The second kappa shape index (κ2) is 7.79. The molecule has 3 aromatic rings. The van der Waals surface area contributed by atoms with E-state index >= 15 is 0 Å². The summed E-state index contributed by atoms with van der Waals surface area (Å²) in [7, 11) is -2.53. The van der Waals surface area contributed by atoms with Crippen molar-refractivity contribution in [3.8, 4) is 5.88 Å². The Morgan fingerprint density at radius 3 is 2.30 bits per heavy atom. The predicted octanol–water partition coefficient (Wildman–Crippen LogP) is 1.93. The van der Waals surface area contributed by atoms with Gasteiger partial charge in [-0.1, -0.05) is 0 Å². The van der Waals surface area contributed by atoms with Gasteiger partial charge < -0.3 is 10.1 Å². The molecule has 0 bridgehead atoms. The van der Waals surface area contributed by atoms with Crippen molar-refractivity contribution >= 4 is 27.4 Å². The number of sulfonamides is 1. The first kappa shape index (κ1) is 18.3. The molecule has 138 valence electrons. The highest BCUT2D eigenvalue weighted by atomic mass is 32.2. The van der Waals surface area contributed by atoms with Gasteiger partial charge in [0.25, 0.3) is 21.8 Å². The van der Waals surface area contributed by atoms with Gasteiger partial charge in [0.2, 0.25) is 5.82 Å². The van der Waals surface area contributed by atoms with E-state index in [-0.39, 0.29) is 22.5 Å². The van der Waals surface area contributed by atoms with Crippen LogP contribution in [0.5, 0.6) is 5.88 Å². The quantitative estimate of drug-likeness (QED) is 0.664. The summed E-state index contributed by atoms with van der Waals surface area (Å²) in [5.41, 5.74) is 0.894. The van der Waals surface area contributed by atoms with E-state index in [1.54, 1.807) is 12.1 Å². The van der Waals surface area contributed by atoms with Crippen LogP contribution in [-0.4, -0.2) is 36.4 Å². The topological polar surface area (TPSA) is 123 Å². The fraction of sp³-hybridized carbons (Fsp3) is 0.0588. The Labute approximate surface area is 155 Å². The molecule has 0 saturated heterocycles. The lowest BCUT2D eigenvalue weighted by molar-refractivity contribution is 0.102. The Morgan fingerprint density at radius 2 is 1.63 bits per heavy atom. The minimum atomic E-state index is -3.90.